The number of hydrogen-bond donors (Lipinski definition) is 4. The van der Waals surface area contributed by atoms with E-state index in [0.29, 0.717) is 22.6 Å². The molecule has 0 aromatic heterocycles. The summed E-state index contributed by atoms with van der Waals surface area (Å²) < 4.78 is 28.2. The second-order valence-electron chi connectivity index (χ2n) is 6.64. The summed E-state index contributed by atoms with van der Waals surface area (Å²) in [5, 5.41) is 8.00. The van der Waals surface area contributed by atoms with Gasteiger partial charge in [-0.05, 0) is 48.0 Å². The number of urea groups is 1. The van der Waals surface area contributed by atoms with Crippen molar-refractivity contribution in [2.75, 3.05) is 20.7 Å². The molecule has 4 N–H and O–H groups in total. The van der Waals surface area contributed by atoms with Gasteiger partial charge in [-0.1, -0.05) is 30.3 Å². The molecule has 0 spiro atoms. The molecule has 1 heterocycles. The van der Waals surface area contributed by atoms with Gasteiger partial charge in [0.25, 0.3) is 10.0 Å². The molecule has 152 valence electrons. The Hall–Kier alpha value is -3.85. The Labute approximate surface area is 173 Å². The van der Waals surface area contributed by atoms with Gasteiger partial charge in [-0.25, -0.2) is 13.2 Å². The van der Waals surface area contributed by atoms with E-state index in [2.05, 4.69) is 20.7 Å². The molecule has 0 atom stereocenters. The molecule has 0 saturated carbocycles. The van der Waals surface area contributed by atoms with E-state index in [0.717, 1.165) is 0 Å². The minimum atomic E-state index is -3.93. The fourth-order valence-corrected chi connectivity index (χ4v) is 4.19. The Morgan fingerprint density at radius 3 is 2.33 bits per heavy atom. The summed E-state index contributed by atoms with van der Waals surface area (Å²) in [5.41, 5.74) is 2.35. The molecular weight excluding hydrogens is 404 g/mol. The lowest BCUT2D eigenvalue weighted by Gasteiger charge is -2.14. The van der Waals surface area contributed by atoms with Crippen molar-refractivity contribution >= 4 is 44.7 Å². The Morgan fingerprint density at radius 1 is 0.867 bits per heavy atom. The summed E-state index contributed by atoms with van der Waals surface area (Å²) in [7, 11) is -3.93. The highest BCUT2D eigenvalue weighted by Gasteiger charge is 2.22. The van der Waals surface area contributed by atoms with Crippen LogP contribution < -0.4 is 20.7 Å². The van der Waals surface area contributed by atoms with Crippen LogP contribution in [0.2, 0.25) is 0 Å². The maximum absolute atomic E-state index is 12.9. The van der Waals surface area contributed by atoms with Gasteiger partial charge in [-0.15, -0.1) is 0 Å². The average Bonchev–Trinajstić information content (AvgIpc) is 3.09. The molecule has 0 fully saturated rings. The first-order chi connectivity index (χ1) is 14.4. The fraction of sp³-hybridized carbons (Fsp3) is 0.0476. The van der Waals surface area contributed by atoms with Crippen molar-refractivity contribution < 1.29 is 18.0 Å². The van der Waals surface area contributed by atoms with E-state index in [4.69, 9.17) is 0 Å². The number of para-hydroxylation sites is 3. The number of benzene rings is 3. The summed E-state index contributed by atoms with van der Waals surface area (Å²) >= 11 is 0. The molecule has 4 rings (SSSR count). The van der Waals surface area contributed by atoms with Crippen LogP contribution in [0.4, 0.5) is 27.5 Å². The van der Waals surface area contributed by atoms with Crippen LogP contribution in [0, 0.1) is 0 Å². The van der Waals surface area contributed by atoms with Crippen molar-refractivity contribution in [2.24, 2.45) is 0 Å². The summed E-state index contributed by atoms with van der Waals surface area (Å²) in [6.07, 6.45) is 0.135. The van der Waals surface area contributed by atoms with Crippen molar-refractivity contribution in [1.82, 2.24) is 0 Å². The molecule has 8 nitrogen and oxygen atoms in total. The molecule has 1 aliphatic heterocycles. The van der Waals surface area contributed by atoms with Gasteiger partial charge in [-0.3, -0.25) is 9.52 Å². The van der Waals surface area contributed by atoms with E-state index in [-0.39, 0.29) is 22.9 Å². The van der Waals surface area contributed by atoms with E-state index in [9.17, 15) is 18.0 Å². The summed E-state index contributed by atoms with van der Waals surface area (Å²) in [6, 6.07) is 19.3. The molecule has 30 heavy (non-hydrogen) atoms. The number of carbonyl (C=O) groups is 2. The molecule has 0 saturated heterocycles. The summed E-state index contributed by atoms with van der Waals surface area (Å²) in [4.78, 5) is 23.8. The maximum Gasteiger partial charge on any atom is 0.323 e. The van der Waals surface area contributed by atoms with Gasteiger partial charge in [-0.2, -0.15) is 0 Å². The number of carbonyl (C=O) groups excluding carboxylic acids is 2. The molecule has 0 bridgehead atoms. The molecule has 0 unspecified atom stereocenters. The highest BCUT2D eigenvalue weighted by molar-refractivity contribution is 7.92. The summed E-state index contributed by atoms with van der Waals surface area (Å²) in [6.45, 7) is 0. The van der Waals surface area contributed by atoms with Crippen LogP contribution >= 0.6 is 0 Å². The monoisotopic (exact) mass is 422 g/mol. The van der Waals surface area contributed by atoms with Crippen LogP contribution in [0.1, 0.15) is 5.56 Å². The molecule has 3 aromatic rings. The number of anilines is 4. The van der Waals surface area contributed by atoms with Crippen molar-refractivity contribution in [1.29, 1.82) is 0 Å². The predicted molar refractivity (Wildman–Crippen MR) is 115 cm³/mol. The number of amides is 3. The lowest BCUT2D eigenvalue weighted by molar-refractivity contribution is -0.115. The fourth-order valence-electron chi connectivity index (χ4n) is 3.06. The first kappa shape index (κ1) is 19.5. The van der Waals surface area contributed by atoms with Crippen LogP contribution in [0.5, 0.6) is 0 Å². The zero-order valence-electron chi connectivity index (χ0n) is 15.7. The van der Waals surface area contributed by atoms with Crippen LogP contribution in [-0.2, 0) is 21.2 Å². The van der Waals surface area contributed by atoms with Gasteiger partial charge < -0.3 is 16.0 Å². The molecule has 3 aromatic carbocycles. The number of rotatable bonds is 5. The average molecular weight is 422 g/mol. The van der Waals surface area contributed by atoms with Crippen LogP contribution in [0.15, 0.2) is 77.7 Å². The smallest absolute Gasteiger partial charge is 0.323 e. The third kappa shape index (κ3) is 4.26. The van der Waals surface area contributed by atoms with Gasteiger partial charge in [0.1, 0.15) is 0 Å². The third-order valence-corrected chi connectivity index (χ3v) is 5.83. The van der Waals surface area contributed by atoms with Crippen LogP contribution in [0.3, 0.4) is 0 Å². The highest BCUT2D eigenvalue weighted by atomic mass is 32.2. The number of fused-ring (bicyclic) bond motifs is 1. The molecular formula is C21H18N4O4S. The van der Waals surface area contributed by atoms with Gasteiger partial charge in [0.15, 0.2) is 0 Å². The first-order valence-corrected chi connectivity index (χ1v) is 10.6. The van der Waals surface area contributed by atoms with Crippen LogP contribution in [-0.4, -0.2) is 20.4 Å². The molecule has 1 aliphatic rings. The lowest BCUT2D eigenvalue weighted by Crippen LogP contribution is -2.21. The topological polar surface area (TPSA) is 116 Å². The van der Waals surface area contributed by atoms with Gasteiger partial charge in [0, 0.05) is 11.4 Å². The predicted octanol–water partition coefficient (Wildman–Crippen LogP) is 3.63. The molecule has 3 amide bonds. The minimum Gasteiger partial charge on any atom is -0.326 e. The van der Waals surface area contributed by atoms with E-state index < -0.39 is 16.1 Å². The van der Waals surface area contributed by atoms with Crippen molar-refractivity contribution in [3.8, 4) is 0 Å². The lowest BCUT2D eigenvalue weighted by atomic mass is 10.2. The molecule has 0 radical (unpaired) electrons. The Bertz CT molecular complexity index is 1230. The summed E-state index contributed by atoms with van der Waals surface area (Å²) in [5.74, 6) is -0.175. The van der Waals surface area contributed by atoms with Crippen molar-refractivity contribution in [3.63, 3.8) is 0 Å². The Balaban J connectivity index is 1.53. The maximum atomic E-state index is 12.9. The molecule has 0 aliphatic carbocycles. The number of sulfonamides is 1. The van der Waals surface area contributed by atoms with Gasteiger partial charge in [0.05, 0.1) is 22.7 Å². The van der Waals surface area contributed by atoms with Crippen molar-refractivity contribution in [2.45, 2.75) is 11.3 Å². The largest absolute Gasteiger partial charge is 0.326 e. The van der Waals surface area contributed by atoms with E-state index >= 15 is 0 Å². The number of nitrogens with one attached hydrogen (secondary N) is 4. The third-order valence-electron chi connectivity index (χ3n) is 4.46. The standard InChI is InChI=1S/C21H18N4O4S/c26-20-13-14-12-16(10-11-17(14)23-20)30(28,29)25-19-9-5-4-8-18(19)24-21(27)22-15-6-2-1-3-7-15/h1-12,25H,13H2,(H,23,26)(H2,22,24,27). The molecule has 9 heteroatoms. The second-order valence-corrected chi connectivity index (χ2v) is 8.32. The van der Waals surface area contributed by atoms with E-state index in [1.807, 2.05) is 6.07 Å². The van der Waals surface area contributed by atoms with Crippen molar-refractivity contribution in [3.05, 3.63) is 78.4 Å². The van der Waals surface area contributed by atoms with E-state index in [1.165, 1.54) is 12.1 Å². The minimum absolute atomic E-state index is 0.0290. The first-order valence-electron chi connectivity index (χ1n) is 9.08. The normalized spacial score (nSPS) is 12.6. The second kappa shape index (κ2) is 7.88. The van der Waals surface area contributed by atoms with Crippen LogP contribution in [0.25, 0.3) is 0 Å². The number of hydrogen-bond acceptors (Lipinski definition) is 4. The van der Waals surface area contributed by atoms with Gasteiger partial charge >= 0.3 is 6.03 Å². The van der Waals surface area contributed by atoms with E-state index in [1.54, 1.807) is 54.6 Å². The zero-order chi connectivity index (χ0) is 21.1. The zero-order valence-corrected chi connectivity index (χ0v) is 16.5. The highest BCUT2D eigenvalue weighted by Crippen LogP contribution is 2.28. The Kier molecular flexibility index (Phi) is 5.11. The quantitative estimate of drug-likeness (QED) is 0.502. The van der Waals surface area contributed by atoms with Gasteiger partial charge in [0.2, 0.25) is 5.91 Å². The SMILES string of the molecule is O=C1Cc2cc(S(=O)(=O)Nc3ccccc3NC(=O)Nc3ccccc3)ccc2N1. The Morgan fingerprint density at radius 2 is 1.57 bits per heavy atom.